The number of halogens is 3. The van der Waals surface area contributed by atoms with E-state index in [-0.39, 0.29) is 6.42 Å². The third kappa shape index (κ3) is 6.22. The zero-order valence-electron chi connectivity index (χ0n) is 17.4. The van der Waals surface area contributed by atoms with Crippen LogP contribution in [0.4, 0.5) is 8.78 Å². The lowest BCUT2D eigenvalue weighted by molar-refractivity contribution is -0.158. The first kappa shape index (κ1) is 25.0. The average molecular weight is 438 g/mol. The van der Waals surface area contributed by atoms with E-state index in [1.165, 1.54) is 13.8 Å². The highest BCUT2D eigenvalue weighted by molar-refractivity contribution is 7.84. The van der Waals surface area contributed by atoms with E-state index in [0.29, 0.717) is 10.6 Å². The smallest absolute Gasteiger partial charge is 0.332 e. The number of carbonyl (C=O) groups excluding carboxylic acids is 1. The summed E-state index contributed by atoms with van der Waals surface area (Å²) in [4.78, 5) is 13.2. The van der Waals surface area contributed by atoms with Crippen LogP contribution in [-0.2, 0) is 26.1 Å². The number of nitrogens with one attached hydrogen (secondary N) is 1. The van der Waals surface area contributed by atoms with Gasteiger partial charge >= 0.3 is 5.97 Å². The Morgan fingerprint density at radius 3 is 2.04 bits per heavy atom. The fraction of sp³-hybridized carbons (Fsp3) is 0.650. The Morgan fingerprint density at radius 1 is 1.14 bits per heavy atom. The van der Waals surface area contributed by atoms with Gasteiger partial charge in [-0.1, -0.05) is 37.6 Å². The number of alkyl halides is 2. The summed E-state index contributed by atoms with van der Waals surface area (Å²) in [6.07, 6.45) is -3.48. The van der Waals surface area contributed by atoms with Crippen LogP contribution in [0.1, 0.15) is 60.5 Å². The van der Waals surface area contributed by atoms with Crippen molar-refractivity contribution < 1.29 is 22.5 Å². The van der Waals surface area contributed by atoms with Crippen molar-refractivity contribution in [3.63, 3.8) is 0 Å². The molecule has 2 unspecified atom stereocenters. The molecular weight excluding hydrogens is 408 g/mol. The molecule has 0 aliphatic heterocycles. The van der Waals surface area contributed by atoms with Crippen LogP contribution < -0.4 is 4.72 Å². The predicted octanol–water partition coefficient (Wildman–Crippen LogP) is 5.22. The molecule has 160 valence electrons. The molecule has 0 heterocycles. The first-order valence-corrected chi connectivity index (χ1v) is 10.6. The topological polar surface area (TPSA) is 55.4 Å². The Kier molecular flexibility index (Phi) is 8.19. The molecule has 0 radical (unpaired) electrons. The number of rotatable bonds is 8. The minimum Gasteiger partial charge on any atom is -0.461 e. The monoisotopic (exact) mass is 437 g/mol. The zero-order chi connectivity index (χ0) is 21.9. The molecule has 1 N–H and O–H groups in total. The van der Waals surface area contributed by atoms with Crippen LogP contribution in [0.3, 0.4) is 0 Å². The maximum atomic E-state index is 13.7. The minimum atomic E-state index is -2.70. The lowest BCUT2D eigenvalue weighted by atomic mass is 9.75. The fourth-order valence-electron chi connectivity index (χ4n) is 2.55. The molecule has 0 saturated heterocycles. The number of ether oxygens (including phenoxy) is 1. The van der Waals surface area contributed by atoms with Crippen LogP contribution in [0.5, 0.6) is 0 Å². The summed E-state index contributed by atoms with van der Waals surface area (Å²) >= 11 is 5.97. The van der Waals surface area contributed by atoms with Crippen molar-refractivity contribution in [3.8, 4) is 0 Å². The van der Waals surface area contributed by atoms with Crippen LogP contribution in [0, 0.1) is 5.41 Å². The Morgan fingerprint density at radius 2 is 1.64 bits per heavy atom. The van der Waals surface area contributed by atoms with Crippen molar-refractivity contribution in [2.75, 3.05) is 0 Å². The zero-order valence-corrected chi connectivity index (χ0v) is 19.0. The van der Waals surface area contributed by atoms with Gasteiger partial charge in [0.2, 0.25) is 6.43 Å². The van der Waals surface area contributed by atoms with Gasteiger partial charge in [0.05, 0.1) is 21.8 Å². The van der Waals surface area contributed by atoms with Gasteiger partial charge in [0, 0.05) is 10.4 Å². The number of benzene rings is 1. The summed E-state index contributed by atoms with van der Waals surface area (Å²) in [5.41, 5.74) is -2.91. The van der Waals surface area contributed by atoms with Gasteiger partial charge in [0.1, 0.15) is 0 Å². The summed E-state index contributed by atoms with van der Waals surface area (Å²) in [7, 11) is -1.72. The molecular formula is C20H30ClF2NO3S. The van der Waals surface area contributed by atoms with Crippen LogP contribution in [0.15, 0.2) is 24.3 Å². The van der Waals surface area contributed by atoms with Gasteiger partial charge < -0.3 is 4.74 Å². The van der Waals surface area contributed by atoms with E-state index < -0.39 is 45.2 Å². The standard InChI is InChI=1S/C20H30ClF2NO3S/c1-13(2)27-17(25)20(12-19(6,7)16(22)23,24-28(26)18(3,4)5)14-8-10-15(21)11-9-14/h8-11,13,16,24H,12H2,1-7H3. The van der Waals surface area contributed by atoms with E-state index in [4.69, 9.17) is 16.3 Å². The third-order valence-electron chi connectivity index (χ3n) is 4.16. The maximum Gasteiger partial charge on any atom is 0.332 e. The molecule has 4 nitrogen and oxygen atoms in total. The summed E-state index contributed by atoms with van der Waals surface area (Å²) in [5.74, 6) is -0.754. The highest BCUT2D eigenvalue weighted by atomic mass is 35.5. The first-order valence-electron chi connectivity index (χ1n) is 9.07. The Bertz CT molecular complexity index is 702. The van der Waals surface area contributed by atoms with Crippen molar-refractivity contribution in [3.05, 3.63) is 34.9 Å². The van der Waals surface area contributed by atoms with E-state index >= 15 is 0 Å². The van der Waals surface area contributed by atoms with Crippen LogP contribution >= 0.6 is 11.6 Å². The minimum absolute atomic E-state index is 0.313. The van der Waals surface area contributed by atoms with Crippen LogP contribution in [-0.4, -0.2) is 27.5 Å². The predicted molar refractivity (Wildman–Crippen MR) is 110 cm³/mol. The number of carbonyl (C=O) groups is 1. The summed E-state index contributed by atoms with van der Waals surface area (Å²) in [6, 6.07) is 6.26. The number of hydrogen-bond donors (Lipinski definition) is 1. The molecule has 0 spiro atoms. The quantitative estimate of drug-likeness (QED) is 0.567. The van der Waals surface area contributed by atoms with Crippen molar-refractivity contribution in [2.45, 2.75) is 77.7 Å². The Hall–Kier alpha value is -1.05. The second-order valence-electron chi connectivity index (χ2n) is 8.82. The summed E-state index contributed by atoms with van der Waals surface area (Å²) in [6.45, 7) is 11.3. The van der Waals surface area contributed by atoms with E-state index in [9.17, 15) is 17.8 Å². The van der Waals surface area contributed by atoms with Gasteiger partial charge in [0.25, 0.3) is 0 Å². The second kappa shape index (κ2) is 9.18. The molecule has 1 aromatic rings. The first-order chi connectivity index (χ1) is 12.6. The van der Waals surface area contributed by atoms with Crippen molar-refractivity contribution >= 4 is 28.6 Å². The largest absolute Gasteiger partial charge is 0.461 e. The Labute approximate surface area is 174 Å². The van der Waals surface area contributed by atoms with Gasteiger partial charge in [-0.25, -0.2) is 22.5 Å². The number of hydrogen-bond acceptors (Lipinski definition) is 3. The van der Waals surface area contributed by atoms with Crippen molar-refractivity contribution in [2.24, 2.45) is 5.41 Å². The normalized spacial score (nSPS) is 16.1. The molecule has 0 aromatic heterocycles. The SMILES string of the molecule is CC(C)OC(=O)C(CC(C)(C)C(F)F)(NS(=O)C(C)(C)C)c1ccc(Cl)cc1. The molecule has 1 aromatic carbocycles. The second-order valence-corrected chi connectivity index (χ2v) is 11.2. The molecule has 28 heavy (non-hydrogen) atoms. The van der Waals surface area contributed by atoms with E-state index in [2.05, 4.69) is 4.72 Å². The molecule has 8 heteroatoms. The average Bonchev–Trinajstić information content (AvgIpc) is 2.52. The van der Waals surface area contributed by atoms with E-state index in [1.54, 1.807) is 58.9 Å². The molecule has 0 aliphatic rings. The highest BCUT2D eigenvalue weighted by Crippen LogP contribution is 2.41. The van der Waals surface area contributed by atoms with Gasteiger partial charge in [-0.3, -0.25) is 0 Å². The molecule has 1 rings (SSSR count). The molecule has 0 amide bonds. The molecule has 0 fully saturated rings. The molecule has 2 atom stereocenters. The van der Waals surface area contributed by atoms with Crippen molar-refractivity contribution in [1.82, 2.24) is 4.72 Å². The molecule has 0 bridgehead atoms. The van der Waals surface area contributed by atoms with Crippen LogP contribution in [0.25, 0.3) is 0 Å². The fourth-order valence-corrected chi connectivity index (χ4v) is 3.57. The lowest BCUT2D eigenvalue weighted by Gasteiger charge is -2.40. The van der Waals surface area contributed by atoms with Gasteiger partial charge in [-0.15, -0.1) is 0 Å². The summed E-state index contributed by atoms with van der Waals surface area (Å²) in [5, 5.41) is 0.431. The van der Waals surface area contributed by atoms with E-state index in [1.807, 2.05) is 0 Å². The van der Waals surface area contributed by atoms with Crippen LogP contribution in [0.2, 0.25) is 5.02 Å². The van der Waals surface area contributed by atoms with Gasteiger partial charge in [0.15, 0.2) is 5.54 Å². The van der Waals surface area contributed by atoms with Gasteiger partial charge in [-0.05, 0) is 58.7 Å². The van der Waals surface area contributed by atoms with Gasteiger partial charge in [-0.2, -0.15) is 0 Å². The Balaban J connectivity index is 3.66. The summed E-state index contributed by atoms with van der Waals surface area (Å²) < 4.78 is 48.0. The maximum absolute atomic E-state index is 13.7. The third-order valence-corrected chi connectivity index (χ3v) is 6.06. The molecule has 0 aliphatic carbocycles. The molecule has 0 saturated carbocycles. The highest BCUT2D eigenvalue weighted by Gasteiger charge is 2.50. The van der Waals surface area contributed by atoms with E-state index in [0.717, 1.165) is 0 Å². The van der Waals surface area contributed by atoms with Crippen molar-refractivity contribution in [1.29, 1.82) is 0 Å². The number of esters is 1. The lowest BCUT2D eigenvalue weighted by Crippen LogP contribution is -2.56.